The van der Waals surface area contributed by atoms with Crippen molar-refractivity contribution in [2.24, 2.45) is 0 Å². The average Bonchev–Trinajstić information content (AvgIpc) is 2.91. The summed E-state index contributed by atoms with van der Waals surface area (Å²) >= 11 is 0. The lowest BCUT2D eigenvalue weighted by Gasteiger charge is -2.19. The fourth-order valence-electron chi connectivity index (χ4n) is 2.16. The van der Waals surface area contributed by atoms with Crippen molar-refractivity contribution in [2.75, 3.05) is 5.32 Å². The van der Waals surface area contributed by atoms with Crippen molar-refractivity contribution in [1.29, 1.82) is 0 Å². The minimum absolute atomic E-state index is 0.0839. The van der Waals surface area contributed by atoms with Crippen LogP contribution in [0.3, 0.4) is 0 Å². The molecule has 0 aliphatic rings. The Morgan fingerprint density at radius 3 is 2.42 bits per heavy atom. The average molecular weight is 348 g/mol. The molecule has 2 aromatic rings. The number of aryl methyl sites for hydroxylation is 1. The van der Waals surface area contributed by atoms with E-state index in [-0.39, 0.29) is 11.3 Å². The van der Waals surface area contributed by atoms with Crippen LogP contribution in [0.2, 0.25) is 0 Å². The third-order valence-corrected chi connectivity index (χ3v) is 5.39. The monoisotopic (exact) mass is 348 g/mol. The maximum atomic E-state index is 12.4. The molecule has 0 radical (unpaired) electrons. The molecule has 1 N–H and O–H groups in total. The summed E-state index contributed by atoms with van der Waals surface area (Å²) in [5.41, 5.74) is 2.27. The number of amides is 1. The number of anilines is 1. The van der Waals surface area contributed by atoms with Gasteiger partial charge in [-0.1, -0.05) is 50.2 Å². The van der Waals surface area contributed by atoms with E-state index in [0.717, 1.165) is 5.56 Å². The molecule has 0 aliphatic carbocycles. The molecule has 1 aromatic heterocycles. The van der Waals surface area contributed by atoms with Gasteiger partial charge in [0.05, 0.1) is 0 Å². The molecule has 1 heterocycles. The molecule has 0 spiro atoms. The molecule has 5 nitrogen and oxygen atoms in total. The van der Waals surface area contributed by atoms with Crippen molar-refractivity contribution < 1.29 is 13.5 Å². The van der Waals surface area contributed by atoms with Crippen molar-refractivity contribution in [3.63, 3.8) is 0 Å². The molecule has 0 aliphatic heterocycles. The summed E-state index contributed by atoms with van der Waals surface area (Å²) in [6, 6.07) is 9.68. The van der Waals surface area contributed by atoms with E-state index < -0.39 is 16.0 Å². The number of nitrogens with one attached hydrogen (secondary N) is 1. The normalized spacial score (nSPS) is 14.2. The lowest BCUT2D eigenvalue weighted by molar-refractivity contribution is -0.115. The number of benzene rings is 1. The molecular weight excluding hydrogens is 324 g/mol. The summed E-state index contributed by atoms with van der Waals surface area (Å²) in [5, 5.41) is 5.69. The van der Waals surface area contributed by atoms with Crippen LogP contribution in [0.1, 0.15) is 44.6 Å². The Bertz CT molecular complexity index is 729. The Balaban J connectivity index is 1.97. The Labute approximate surface area is 145 Å². The van der Waals surface area contributed by atoms with Crippen molar-refractivity contribution in [3.05, 3.63) is 47.2 Å². The fourth-order valence-corrected chi connectivity index (χ4v) is 3.23. The van der Waals surface area contributed by atoms with Gasteiger partial charge in [-0.2, -0.15) is 0 Å². The number of aromatic nitrogens is 1. The topological polar surface area (TPSA) is 72.2 Å². The van der Waals surface area contributed by atoms with Crippen LogP contribution < -0.4 is 5.32 Å². The van der Waals surface area contributed by atoms with Gasteiger partial charge in [0.25, 0.3) is 0 Å². The number of hydrogen-bond donors (Lipinski definition) is 1. The van der Waals surface area contributed by atoms with Crippen molar-refractivity contribution in [2.45, 2.75) is 51.0 Å². The molecule has 0 saturated heterocycles. The van der Waals surface area contributed by atoms with Gasteiger partial charge in [-0.15, -0.1) is 0 Å². The highest BCUT2D eigenvalue weighted by Crippen LogP contribution is 2.22. The summed E-state index contributed by atoms with van der Waals surface area (Å²) in [6.07, 6.45) is 0. The summed E-state index contributed by atoms with van der Waals surface area (Å²) in [5.74, 6) is 0.971. The van der Waals surface area contributed by atoms with Gasteiger partial charge in [-0.05, 0) is 30.4 Å². The molecule has 0 saturated carbocycles. The fraction of sp³-hybridized carbons (Fsp3) is 0.444. The molecule has 2 atom stereocenters. The Morgan fingerprint density at radius 1 is 1.29 bits per heavy atom. The number of carbonyl (C=O) groups is 1. The SMILES string of the molecule is Cc1cc(NC(=O)[C@@H](C)[S@@](=O)Cc2ccc(C(C)(C)C)cc2)no1. The smallest absolute Gasteiger partial charge is 0.241 e. The zero-order valence-electron chi connectivity index (χ0n) is 14.8. The third-order valence-electron chi connectivity index (χ3n) is 3.77. The summed E-state index contributed by atoms with van der Waals surface area (Å²) in [7, 11) is -1.31. The molecule has 0 fully saturated rings. The van der Waals surface area contributed by atoms with Gasteiger partial charge in [0, 0.05) is 22.6 Å². The predicted molar refractivity (Wildman–Crippen MR) is 96.3 cm³/mol. The van der Waals surface area contributed by atoms with Crippen LogP contribution in [-0.4, -0.2) is 20.5 Å². The molecular formula is C18H24N2O3S. The highest BCUT2D eigenvalue weighted by molar-refractivity contribution is 7.85. The molecule has 130 valence electrons. The van der Waals surface area contributed by atoms with E-state index in [1.54, 1.807) is 19.9 Å². The summed E-state index contributed by atoms with van der Waals surface area (Å²) in [6.45, 7) is 9.85. The second-order valence-corrected chi connectivity index (χ2v) is 8.68. The van der Waals surface area contributed by atoms with E-state index in [1.807, 2.05) is 12.1 Å². The lowest BCUT2D eigenvalue weighted by Crippen LogP contribution is -2.29. The van der Waals surface area contributed by atoms with E-state index >= 15 is 0 Å². The van der Waals surface area contributed by atoms with Crippen LogP contribution in [0.4, 0.5) is 5.82 Å². The highest BCUT2D eigenvalue weighted by Gasteiger charge is 2.21. The predicted octanol–water partition coefficient (Wildman–Crippen LogP) is 3.56. The maximum Gasteiger partial charge on any atom is 0.241 e. The highest BCUT2D eigenvalue weighted by atomic mass is 32.2. The molecule has 0 bridgehead atoms. The Morgan fingerprint density at radius 2 is 1.92 bits per heavy atom. The van der Waals surface area contributed by atoms with E-state index in [2.05, 4.69) is 43.4 Å². The first-order valence-electron chi connectivity index (χ1n) is 7.87. The van der Waals surface area contributed by atoms with Crippen molar-refractivity contribution in [1.82, 2.24) is 5.16 Å². The Kier molecular flexibility index (Phi) is 5.59. The molecule has 1 aromatic carbocycles. The second-order valence-electron chi connectivity index (χ2n) is 6.93. The minimum atomic E-state index is -1.31. The first-order valence-corrected chi connectivity index (χ1v) is 9.26. The zero-order chi connectivity index (χ0) is 17.9. The molecule has 6 heteroatoms. The van der Waals surface area contributed by atoms with Crippen LogP contribution in [0, 0.1) is 6.92 Å². The van der Waals surface area contributed by atoms with E-state index in [9.17, 15) is 9.00 Å². The molecule has 0 unspecified atom stereocenters. The third kappa shape index (κ3) is 4.77. The second kappa shape index (κ2) is 7.30. The Hall–Kier alpha value is -1.95. The molecule has 1 amide bonds. The van der Waals surface area contributed by atoms with Crippen LogP contribution in [0.25, 0.3) is 0 Å². The minimum Gasteiger partial charge on any atom is -0.360 e. The quantitative estimate of drug-likeness (QED) is 0.897. The summed E-state index contributed by atoms with van der Waals surface area (Å²) in [4.78, 5) is 12.2. The van der Waals surface area contributed by atoms with Gasteiger partial charge in [0.1, 0.15) is 11.0 Å². The van der Waals surface area contributed by atoms with Crippen LogP contribution in [-0.2, 0) is 26.8 Å². The maximum absolute atomic E-state index is 12.4. The number of nitrogens with zero attached hydrogens (tertiary/aromatic N) is 1. The van der Waals surface area contributed by atoms with Crippen LogP contribution in [0.5, 0.6) is 0 Å². The van der Waals surface area contributed by atoms with E-state index in [0.29, 0.717) is 17.3 Å². The van der Waals surface area contributed by atoms with Gasteiger partial charge in [0.2, 0.25) is 5.91 Å². The van der Waals surface area contributed by atoms with Crippen LogP contribution in [0.15, 0.2) is 34.9 Å². The van der Waals surface area contributed by atoms with Crippen molar-refractivity contribution >= 4 is 22.5 Å². The van der Waals surface area contributed by atoms with E-state index in [4.69, 9.17) is 4.52 Å². The zero-order valence-corrected chi connectivity index (χ0v) is 15.6. The molecule has 24 heavy (non-hydrogen) atoms. The molecule has 2 rings (SSSR count). The van der Waals surface area contributed by atoms with Gasteiger partial charge in [-0.25, -0.2) is 0 Å². The number of rotatable bonds is 5. The van der Waals surface area contributed by atoms with E-state index in [1.165, 1.54) is 5.56 Å². The van der Waals surface area contributed by atoms with Crippen molar-refractivity contribution in [3.8, 4) is 0 Å². The van der Waals surface area contributed by atoms with Gasteiger partial charge in [-0.3, -0.25) is 9.00 Å². The van der Waals surface area contributed by atoms with Gasteiger partial charge >= 0.3 is 0 Å². The lowest BCUT2D eigenvalue weighted by atomic mass is 9.87. The number of carbonyl (C=O) groups excluding carboxylic acids is 1. The number of hydrogen-bond acceptors (Lipinski definition) is 4. The van der Waals surface area contributed by atoms with Crippen LogP contribution >= 0.6 is 0 Å². The largest absolute Gasteiger partial charge is 0.360 e. The van der Waals surface area contributed by atoms with Gasteiger partial charge < -0.3 is 9.84 Å². The summed E-state index contributed by atoms with van der Waals surface area (Å²) < 4.78 is 17.3. The standard InChI is InChI=1S/C18H24N2O3S/c1-12-10-16(20-23-12)19-17(21)13(2)24(22)11-14-6-8-15(9-7-14)18(3,4)5/h6-10,13H,11H2,1-5H3,(H,19,20,21)/t13-,24+/m1/s1. The van der Waals surface area contributed by atoms with Gasteiger partial charge in [0.15, 0.2) is 5.82 Å². The first-order chi connectivity index (χ1) is 11.2. The first kappa shape index (κ1) is 18.4.